The molecule has 116 valence electrons. The topological polar surface area (TPSA) is 66.9 Å². The lowest BCUT2D eigenvalue weighted by molar-refractivity contribution is -0.121. The van der Waals surface area contributed by atoms with Crippen molar-refractivity contribution in [3.63, 3.8) is 0 Å². The first kappa shape index (κ1) is 16.4. The Hall–Kier alpha value is -1.95. The maximum Gasteiger partial charge on any atom is 0.222 e. The van der Waals surface area contributed by atoms with E-state index in [1.807, 2.05) is 19.1 Å². The molecule has 0 aliphatic rings. The summed E-state index contributed by atoms with van der Waals surface area (Å²) >= 11 is 3.41. The molecule has 5 nitrogen and oxygen atoms in total. The minimum Gasteiger partial charge on any atom is -0.354 e. The van der Waals surface area contributed by atoms with Crippen molar-refractivity contribution in [2.24, 2.45) is 0 Å². The zero-order chi connectivity index (χ0) is 15.8. The van der Waals surface area contributed by atoms with Crippen LogP contribution in [0.4, 0.5) is 5.95 Å². The number of nitrogens with zero attached hydrogens (tertiary/aromatic N) is 2. The number of carbonyl (C=O) groups excluding carboxylic acids is 1. The molecule has 0 bridgehead atoms. The second kappa shape index (κ2) is 8.48. The van der Waals surface area contributed by atoms with Crippen molar-refractivity contribution in [1.82, 2.24) is 15.3 Å². The second-order valence-electron chi connectivity index (χ2n) is 5.05. The van der Waals surface area contributed by atoms with Crippen molar-refractivity contribution in [3.05, 3.63) is 52.8 Å². The average Bonchev–Trinajstić information content (AvgIpc) is 2.50. The van der Waals surface area contributed by atoms with E-state index in [9.17, 15) is 4.79 Å². The summed E-state index contributed by atoms with van der Waals surface area (Å²) in [6, 6.07) is 9.98. The van der Waals surface area contributed by atoms with E-state index in [1.165, 1.54) is 5.56 Å². The zero-order valence-corrected chi connectivity index (χ0v) is 14.0. The van der Waals surface area contributed by atoms with Gasteiger partial charge in [-0.25, -0.2) is 9.97 Å². The Morgan fingerprint density at radius 2 is 1.91 bits per heavy atom. The highest BCUT2D eigenvalue weighted by atomic mass is 79.9. The molecule has 2 rings (SSSR count). The van der Waals surface area contributed by atoms with Crippen LogP contribution in [-0.4, -0.2) is 28.5 Å². The molecule has 1 amide bonds. The van der Waals surface area contributed by atoms with E-state index in [0.717, 1.165) is 10.9 Å². The number of anilines is 1. The van der Waals surface area contributed by atoms with Gasteiger partial charge in [0.15, 0.2) is 0 Å². The second-order valence-corrected chi connectivity index (χ2v) is 5.96. The molecule has 0 unspecified atom stereocenters. The first-order chi connectivity index (χ1) is 10.6. The van der Waals surface area contributed by atoms with Crippen LogP contribution in [0.1, 0.15) is 18.9 Å². The van der Waals surface area contributed by atoms with Gasteiger partial charge >= 0.3 is 0 Å². The van der Waals surface area contributed by atoms with Crippen molar-refractivity contribution >= 4 is 27.8 Å². The minimum atomic E-state index is 0.0213. The monoisotopic (exact) mass is 362 g/mol. The fourth-order valence-electron chi connectivity index (χ4n) is 2.05. The Bertz CT molecular complexity index is 589. The minimum absolute atomic E-state index is 0.0213. The molecule has 0 saturated heterocycles. The number of nitrogens with one attached hydrogen (secondary N) is 2. The number of carbonyl (C=O) groups is 1. The summed E-state index contributed by atoms with van der Waals surface area (Å²) in [4.78, 5) is 20.0. The van der Waals surface area contributed by atoms with Gasteiger partial charge in [0.25, 0.3) is 0 Å². The van der Waals surface area contributed by atoms with E-state index in [-0.39, 0.29) is 11.9 Å². The lowest BCUT2D eigenvalue weighted by Crippen LogP contribution is -2.35. The molecular formula is C16H19BrN4O. The Labute approximate surface area is 138 Å². The number of hydrogen-bond donors (Lipinski definition) is 2. The molecule has 2 aromatic rings. The molecule has 1 atom stereocenters. The fourth-order valence-corrected chi connectivity index (χ4v) is 2.31. The summed E-state index contributed by atoms with van der Waals surface area (Å²) in [5.41, 5.74) is 1.20. The average molecular weight is 363 g/mol. The summed E-state index contributed by atoms with van der Waals surface area (Å²) in [5.74, 6) is 0.561. The molecule has 2 N–H and O–H groups in total. The van der Waals surface area contributed by atoms with Gasteiger partial charge in [-0.05, 0) is 37.1 Å². The van der Waals surface area contributed by atoms with Crippen LogP contribution in [0.5, 0.6) is 0 Å². The number of amides is 1. The summed E-state index contributed by atoms with van der Waals surface area (Å²) in [7, 11) is 0. The normalized spacial score (nSPS) is 11.7. The quantitative estimate of drug-likeness (QED) is 0.794. The number of rotatable bonds is 7. The summed E-state index contributed by atoms with van der Waals surface area (Å²) < 4.78 is 1.06. The zero-order valence-electron chi connectivity index (χ0n) is 12.4. The Morgan fingerprint density at radius 1 is 1.23 bits per heavy atom. The molecule has 0 radical (unpaired) electrons. The standard InChI is InChI=1S/C16H19BrN4O/c1-12(11-13-3-5-14(17)6-4-13)21-15(22)7-10-20-16-18-8-2-9-19-16/h2-6,8-9,12H,7,10-11H2,1H3,(H,21,22)(H,18,19,20)/t12-/m1/s1. The summed E-state index contributed by atoms with van der Waals surface area (Å²) in [6.07, 6.45) is 4.53. The van der Waals surface area contributed by atoms with Crippen molar-refractivity contribution in [2.75, 3.05) is 11.9 Å². The van der Waals surface area contributed by atoms with Gasteiger partial charge in [-0.15, -0.1) is 0 Å². The van der Waals surface area contributed by atoms with Crippen molar-refractivity contribution in [3.8, 4) is 0 Å². The van der Waals surface area contributed by atoms with Crippen LogP contribution in [0, 0.1) is 0 Å². The Balaban J connectivity index is 1.68. The van der Waals surface area contributed by atoms with Crippen molar-refractivity contribution in [1.29, 1.82) is 0 Å². The van der Waals surface area contributed by atoms with E-state index in [4.69, 9.17) is 0 Å². The molecule has 1 heterocycles. The molecule has 0 saturated carbocycles. The van der Waals surface area contributed by atoms with Crippen LogP contribution < -0.4 is 10.6 Å². The van der Waals surface area contributed by atoms with Gasteiger partial charge in [-0.2, -0.15) is 0 Å². The fraction of sp³-hybridized carbons (Fsp3) is 0.312. The highest BCUT2D eigenvalue weighted by Crippen LogP contribution is 2.11. The smallest absolute Gasteiger partial charge is 0.222 e. The van der Waals surface area contributed by atoms with Gasteiger partial charge < -0.3 is 10.6 Å². The van der Waals surface area contributed by atoms with Gasteiger partial charge in [0.1, 0.15) is 0 Å². The Morgan fingerprint density at radius 3 is 2.59 bits per heavy atom. The van der Waals surface area contributed by atoms with Gasteiger partial charge in [-0.1, -0.05) is 28.1 Å². The van der Waals surface area contributed by atoms with Crippen LogP contribution in [-0.2, 0) is 11.2 Å². The van der Waals surface area contributed by atoms with Gasteiger partial charge in [0, 0.05) is 35.9 Å². The van der Waals surface area contributed by atoms with E-state index in [2.05, 4.69) is 48.7 Å². The molecule has 0 spiro atoms. The third kappa shape index (κ3) is 5.81. The molecular weight excluding hydrogens is 344 g/mol. The van der Waals surface area contributed by atoms with Crippen LogP contribution >= 0.6 is 15.9 Å². The molecule has 0 fully saturated rings. The van der Waals surface area contributed by atoms with Crippen molar-refractivity contribution in [2.45, 2.75) is 25.8 Å². The lowest BCUT2D eigenvalue weighted by atomic mass is 10.1. The van der Waals surface area contributed by atoms with Crippen LogP contribution in [0.3, 0.4) is 0 Å². The number of hydrogen-bond acceptors (Lipinski definition) is 4. The predicted octanol–water partition coefficient (Wildman–Crippen LogP) is 2.79. The summed E-state index contributed by atoms with van der Waals surface area (Å²) in [5, 5.41) is 6.01. The van der Waals surface area contributed by atoms with Crippen molar-refractivity contribution < 1.29 is 4.79 Å². The number of halogens is 1. The largest absolute Gasteiger partial charge is 0.354 e. The molecule has 0 aliphatic carbocycles. The first-order valence-electron chi connectivity index (χ1n) is 7.18. The number of aromatic nitrogens is 2. The molecule has 1 aromatic heterocycles. The molecule has 0 aliphatic heterocycles. The maximum atomic E-state index is 11.9. The number of benzene rings is 1. The van der Waals surface area contributed by atoms with E-state index >= 15 is 0 Å². The molecule has 1 aromatic carbocycles. The van der Waals surface area contributed by atoms with E-state index in [0.29, 0.717) is 18.9 Å². The SMILES string of the molecule is C[C@H](Cc1ccc(Br)cc1)NC(=O)CCNc1ncccn1. The van der Waals surface area contributed by atoms with Gasteiger partial charge in [0.05, 0.1) is 0 Å². The van der Waals surface area contributed by atoms with Gasteiger partial charge in [-0.3, -0.25) is 4.79 Å². The highest BCUT2D eigenvalue weighted by molar-refractivity contribution is 9.10. The lowest BCUT2D eigenvalue weighted by Gasteiger charge is -2.14. The third-order valence-corrected chi connectivity index (χ3v) is 3.59. The highest BCUT2D eigenvalue weighted by Gasteiger charge is 2.08. The third-order valence-electron chi connectivity index (χ3n) is 3.06. The van der Waals surface area contributed by atoms with E-state index < -0.39 is 0 Å². The van der Waals surface area contributed by atoms with Crippen LogP contribution in [0.2, 0.25) is 0 Å². The summed E-state index contributed by atoms with van der Waals surface area (Å²) in [6.45, 7) is 2.52. The predicted molar refractivity (Wildman–Crippen MR) is 90.6 cm³/mol. The van der Waals surface area contributed by atoms with Crippen LogP contribution in [0.25, 0.3) is 0 Å². The van der Waals surface area contributed by atoms with Crippen LogP contribution in [0.15, 0.2) is 47.2 Å². The van der Waals surface area contributed by atoms with E-state index in [1.54, 1.807) is 18.5 Å². The van der Waals surface area contributed by atoms with Gasteiger partial charge in [0.2, 0.25) is 11.9 Å². The Kier molecular flexibility index (Phi) is 6.33. The first-order valence-corrected chi connectivity index (χ1v) is 7.97. The maximum absolute atomic E-state index is 11.9. The molecule has 22 heavy (non-hydrogen) atoms. The molecule has 6 heteroatoms.